The summed E-state index contributed by atoms with van der Waals surface area (Å²) in [5.74, 6) is 0.832. The molecular weight excluding hydrogens is 286 g/mol. The van der Waals surface area contributed by atoms with Crippen molar-refractivity contribution in [3.05, 3.63) is 47.0 Å². The number of amides is 1. The van der Waals surface area contributed by atoms with Crippen LogP contribution in [0.15, 0.2) is 36.4 Å². The van der Waals surface area contributed by atoms with E-state index in [-0.39, 0.29) is 12.0 Å². The van der Waals surface area contributed by atoms with Crippen molar-refractivity contribution in [2.24, 2.45) is 0 Å². The van der Waals surface area contributed by atoms with Crippen molar-refractivity contribution >= 4 is 23.2 Å². The van der Waals surface area contributed by atoms with Crippen LogP contribution in [0.4, 0.5) is 5.69 Å². The maximum absolute atomic E-state index is 11.5. The van der Waals surface area contributed by atoms with E-state index in [1.807, 2.05) is 50.2 Å². The number of carbonyl (C=O) groups is 1. The Morgan fingerprint density at radius 2 is 2.00 bits per heavy atom. The molecule has 1 amide bonds. The van der Waals surface area contributed by atoms with Gasteiger partial charge < -0.3 is 10.1 Å². The van der Waals surface area contributed by atoms with Crippen LogP contribution in [0, 0.1) is 0 Å². The second-order valence-corrected chi connectivity index (χ2v) is 5.84. The molecule has 0 spiro atoms. The SMILES string of the molecule is CC(C)Oc1ccc(Cl)cc1-c1ccc2c(c1)CC(=O)N2. The van der Waals surface area contributed by atoms with Crippen LogP contribution in [-0.4, -0.2) is 12.0 Å². The Labute approximate surface area is 128 Å². The van der Waals surface area contributed by atoms with Gasteiger partial charge in [-0.05, 0) is 55.3 Å². The molecule has 1 aliphatic heterocycles. The lowest BCUT2D eigenvalue weighted by Gasteiger charge is -2.15. The van der Waals surface area contributed by atoms with E-state index in [1.165, 1.54) is 0 Å². The molecule has 3 nitrogen and oxygen atoms in total. The summed E-state index contributed by atoms with van der Waals surface area (Å²) in [5, 5.41) is 3.50. The predicted molar refractivity (Wildman–Crippen MR) is 85.0 cm³/mol. The number of anilines is 1. The topological polar surface area (TPSA) is 38.3 Å². The number of ether oxygens (including phenoxy) is 1. The van der Waals surface area contributed by atoms with E-state index >= 15 is 0 Å². The van der Waals surface area contributed by atoms with Gasteiger partial charge >= 0.3 is 0 Å². The van der Waals surface area contributed by atoms with Gasteiger partial charge in [-0.15, -0.1) is 0 Å². The van der Waals surface area contributed by atoms with Gasteiger partial charge in [0.2, 0.25) is 5.91 Å². The average Bonchev–Trinajstić information content (AvgIpc) is 2.79. The number of nitrogens with one attached hydrogen (secondary N) is 1. The Hall–Kier alpha value is -2.00. The maximum Gasteiger partial charge on any atom is 0.228 e. The number of carbonyl (C=O) groups excluding carboxylic acids is 1. The zero-order valence-corrected chi connectivity index (χ0v) is 12.7. The quantitative estimate of drug-likeness (QED) is 0.918. The Morgan fingerprint density at radius 3 is 2.76 bits per heavy atom. The molecule has 4 heteroatoms. The van der Waals surface area contributed by atoms with E-state index in [2.05, 4.69) is 5.32 Å². The number of rotatable bonds is 3. The van der Waals surface area contributed by atoms with Crippen molar-refractivity contribution in [1.29, 1.82) is 0 Å². The smallest absolute Gasteiger partial charge is 0.228 e. The van der Waals surface area contributed by atoms with Gasteiger partial charge in [0.15, 0.2) is 0 Å². The molecule has 0 bridgehead atoms. The minimum absolute atomic E-state index is 0.0342. The molecule has 0 saturated heterocycles. The number of fused-ring (bicyclic) bond motifs is 1. The lowest BCUT2D eigenvalue weighted by atomic mass is 10.0. The highest BCUT2D eigenvalue weighted by Gasteiger charge is 2.19. The lowest BCUT2D eigenvalue weighted by molar-refractivity contribution is -0.115. The zero-order chi connectivity index (χ0) is 15.0. The standard InChI is InChI=1S/C17H16ClNO2/c1-10(2)21-16-6-4-13(18)9-14(16)11-3-5-15-12(7-11)8-17(20)19-15/h3-7,9-10H,8H2,1-2H3,(H,19,20). The Balaban J connectivity index is 2.06. The molecule has 0 aliphatic carbocycles. The molecule has 21 heavy (non-hydrogen) atoms. The first kappa shape index (κ1) is 14.0. The normalized spacial score (nSPS) is 13.2. The highest BCUT2D eigenvalue weighted by atomic mass is 35.5. The third-order valence-corrected chi connectivity index (χ3v) is 3.58. The van der Waals surface area contributed by atoms with Crippen molar-refractivity contribution < 1.29 is 9.53 Å². The van der Waals surface area contributed by atoms with Crippen LogP contribution in [0.3, 0.4) is 0 Å². The summed E-state index contributed by atoms with van der Waals surface area (Å²) in [6, 6.07) is 11.5. The minimum atomic E-state index is 0.0342. The van der Waals surface area contributed by atoms with Crippen LogP contribution in [0.2, 0.25) is 5.02 Å². The van der Waals surface area contributed by atoms with E-state index < -0.39 is 0 Å². The first-order valence-electron chi connectivity index (χ1n) is 6.92. The van der Waals surface area contributed by atoms with E-state index in [4.69, 9.17) is 16.3 Å². The van der Waals surface area contributed by atoms with Gasteiger partial charge in [0, 0.05) is 16.3 Å². The van der Waals surface area contributed by atoms with Gasteiger partial charge in [-0.25, -0.2) is 0 Å². The first-order chi connectivity index (χ1) is 10.0. The Kier molecular flexibility index (Phi) is 3.60. The van der Waals surface area contributed by atoms with E-state index in [0.717, 1.165) is 28.1 Å². The van der Waals surface area contributed by atoms with Crippen LogP contribution < -0.4 is 10.1 Å². The lowest BCUT2D eigenvalue weighted by Crippen LogP contribution is -2.06. The van der Waals surface area contributed by atoms with Gasteiger partial charge in [0.1, 0.15) is 5.75 Å². The van der Waals surface area contributed by atoms with E-state index in [1.54, 1.807) is 0 Å². The van der Waals surface area contributed by atoms with Crippen molar-refractivity contribution in [1.82, 2.24) is 0 Å². The fourth-order valence-electron chi connectivity index (χ4n) is 2.48. The molecule has 0 radical (unpaired) electrons. The maximum atomic E-state index is 11.5. The Morgan fingerprint density at radius 1 is 1.19 bits per heavy atom. The molecular formula is C17H16ClNO2. The van der Waals surface area contributed by atoms with Gasteiger partial charge in [-0.3, -0.25) is 4.79 Å². The minimum Gasteiger partial charge on any atom is -0.490 e. The van der Waals surface area contributed by atoms with E-state index in [0.29, 0.717) is 11.4 Å². The molecule has 0 aromatic heterocycles. The third-order valence-electron chi connectivity index (χ3n) is 3.35. The number of halogens is 1. The number of hydrogen-bond acceptors (Lipinski definition) is 2. The van der Waals surface area contributed by atoms with Crippen LogP contribution in [0.5, 0.6) is 5.75 Å². The summed E-state index contributed by atoms with van der Waals surface area (Å²) in [6.07, 6.45) is 0.506. The third kappa shape index (κ3) is 2.88. The Bertz CT molecular complexity index is 710. The van der Waals surface area contributed by atoms with Gasteiger partial charge in [-0.1, -0.05) is 17.7 Å². The summed E-state index contributed by atoms with van der Waals surface area (Å²) in [4.78, 5) is 11.5. The molecule has 0 fully saturated rings. The molecule has 0 unspecified atom stereocenters. The first-order valence-corrected chi connectivity index (χ1v) is 7.30. The summed E-state index contributed by atoms with van der Waals surface area (Å²) in [6.45, 7) is 3.98. The average molecular weight is 302 g/mol. The van der Waals surface area contributed by atoms with Gasteiger partial charge in [0.25, 0.3) is 0 Å². The van der Waals surface area contributed by atoms with Crippen LogP contribution in [0.25, 0.3) is 11.1 Å². The molecule has 0 atom stereocenters. The van der Waals surface area contributed by atoms with Crippen molar-refractivity contribution in [3.8, 4) is 16.9 Å². The number of hydrogen-bond donors (Lipinski definition) is 1. The monoisotopic (exact) mass is 301 g/mol. The highest BCUT2D eigenvalue weighted by molar-refractivity contribution is 6.31. The van der Waals surface area contributed by atoms with Gasteiger partial charge in [0.05, 0.1) is 12.5 Å². The molecule has 0 saturated carbocycles. The van der Waals surface area contributed by atoms with Crippen LogP contribution >= 0.6 is 11.6 Å². The van der Waals surface area contributed by atoms with Crippen molar-refractivity contribution in [2.75, 3.05) is 5.32 Å². The second kappa shape index (κ2) is 5.41. The summed E-state index contributed by atoms with van der Waals surface area (Å²) < 4.78 is 5.85. The second-order valence-electron chi connectivity index (χ2n) is 5.40. The highest BCUT2D eigenvalue weighted by Crippen LogP contribution is 2.36. The van der Waals surface area contributed by atoms with Crippen LogP contribution in [-0.2, 0) is 11.2 Å². The summed E-state index contributed by atoms with van der Waals surface area (Å²) in [5.41, 5.74) is 3.84. The molecule has 1 heterocycles. The summed E-state index contributed by atoms with van der Waals surface area (Å²) in [7, 11) is 0. The van der Waals surface area contributed by atoms with Crippen molar-refractivity contribution in [2.45, 2.75) is 26.4 Å². The zero-order valence-electron chi connectivity index (χ0n) is 11.9. The molecule has 1 aliphatic rings. The fraction of sp³-hybridized carbons (Fsp3) is 0.235. The van der Waals surface area contributed by atoms with Crippen molar-refractivity contribution in [3.63, 3.8) is 0 Å². The van der Waals surface area contributed by atoms with E-state index in [9.17, 15) is 4.79 Å². The summed E-state index contributed by atoms with van der Waals surface area (Å²) >= 11 is 6.12. The van der Waals surface area contributed by atoms with Crippen LogP contribution in [0.1, 0.15) is 19.4 Å². The van der Waals surface area contributed by atoms with Gasteiger partial charge in [-0.2, -0.15) is 0 Å². The predicted octanol–water partition coefficient (Wildman–Crippen LogP) is 4.29. The molecule has 1 N–H and O–H groups in total. The fourth-order valence-corrected chi connectivity index (χ4v) is 2.65. The molecule has 108 valence electrons. The molecule has 3 rings (SSSR count). The molecule has 2 aromatic rings. The number of benzene rings is 2. The molecule has 2 aromatic carbocycles. The largest absolute Gasteiger partial charge is 0.490 e.